The molecular formula is C15H16O4. The predicted molar refractivity (Wildman–Crippen MR) is 73.1 cm³/mol. The molecule has 4 nitrogen and oxygen atoms in total. The fourth-order valence-electron chi connectivity index (χ4n) is 2.11. The number of fused-ring (bicyclic) bond motifs is 1. The quantitative estimate of drug-likeness (QED) is 0.796. The first kappa shape index (κ1) is 13.2. The Bertz CT molecular complexity index is 632. The Morgan fingerprint density at radius 3 is 2.16 bits per heavy atom. The molecule has 0 saturated carbocycles. The van der Waals surface area contributed by atoms with Gasteiger partial charge in [0.25, 0.3) is 0 Å². The first-order valence-corrected chi connectivity index (χ1v) is 5.85. The number of esters is 1. The number of carbonyl (C=O) groups is 1. The SMILES string of the molecule is COC(=O)c1cc(C)c2cc(OC)c(OC)cc2c1. The Morgan fingerprint density at radius 1 is 0.947 bits per heavy atom. The number of hydrogen-bond acceptors (Lipinski definition) is 4. The zero-order valence-electron chi connectivity index (χ0n) is 11.4. The Kier molecular flexibility index (Phi) is 3.60. The van der Waals surface area contributed by atoms with Crippen molar-refractivity contribution in [2.75, 3.05) is 21.3 Å². The van der Waals surface area contributed by atoms with Crippen molar-refractivity contribution in [2.24, 2.45) is 0 Å². The zero-order chi connectivity index (χ0) is 14.0. The Balaban J connectivity index is 2.70. The van der Waals surface area contributed by atoms with Crippen molar-refractivity contribution < 1.29 is 19.0 Å². The van der Waals surface area contributed by atoms with Gasteiger partial charge in [-0.3, -0.25) is 0 Å². The normalized spacial score (nSPS) is 10.3. The summed E-state index contributed by atoms with van der Waals surface area (Å²) in [5.74, 6) is 0.958. The summed E-state index contributed by atoms with van der Waals surface area (Å²) >= 11 is 0. The van der Waals surface area contributed by atoms with E-state index in [-0.39, 0.29) is 5.97 Å². The van der Waals surface area contributed by atoms with Gasteiger partial charge in [0.2, 0.25) is 0 Å². The molecule has 0 N–H and O–H groups in total. The summed E-state index contributed by atoms with van der Waals surface area (Å²) in [5.41, 5.74) is 1.51. The highest BCUT2D eigenvalue weighted by molar-refractivity contribution is 5.98. The molecule has 0 unspecified atom stereocenters. The summed E-state index contributed by atoms with van der Waals surface area (Å²) in [4.78, 5) is 11.6. The molecule has 2 rings (SSSR count). The van der Waals surface area contributed by atoms with Crippen LogP contribution in [0.25, 0.3) is 10.8 Å². The van der Waals surface area contributed by atoms with E-state index < -0.39 is 0 Å². The first-order chi connectivity index (χ1) is 9.10. The summed E-state index contributed by atoms with van der Waals surface area (Å²) in [7, 11) is 4.55. The van der Waals surface area contributed by atoms with E-state index in [2.05, 4.69) is 0 Å². The molecular weight excluding hydrogens is 244 g/mol. The van der Waals surface area contributed by atoms with Gasteiger partial charge in [0.1, 0.15) is 0 Å². The highest BCUT2D eigenvalue weighted by Gasteiger charge is 2.12. The lowest BCUT2D eigenvalue weighted by atomic mass is 10.0. The summed E-state index contributed by atoms with van der Waals surface area (Å²) in [6.07, 6.45) is 0. The number of aryl methyl sites for hydroxylation is 1. The lowest BCUT2D eigenvalue weighted by molar-refractivity contribution is 0.0601. The van der Waals surface area contributed by atoms with Gasteiger partial charge in [0.05, 0.1) is 26.9 Å². The third-order valence-corrected chi connectivity index (χ3v) is 3.08. The smallest absolute Gasteiger partial charge is 0.337 e. The molecule has 2 aromatic carbocycles. The van der Waals surface area contributed by atoms with Crippen LogP contribution in [-0.4, -0.2) is 27.3 Å². The van der Waals surface area contributed by atoms with Gasteiger partial charge in [0, 0.05) is 0 Å². The molecule has 0 amide bonds. The van der Waals surface area contributed by atoms with Crippen molar-refractivity contribution in [3.8, 4) is 11.5 Å². The van der Waals surface area contributed by atoms with E-state index in [1.54, 1.807) is 26.4 Å². The second-order valence-corrected chi connectivity index (χ2v) is 4.21. The molecule has 0 aromatic heterocycles. The van der Waals surface area contributed by atoms with E-state index in [4.69, 9.17) is 14.2 Å². The van der Waals surface area contributed by atoms with Crippen LogP contribution in [0.5, 0.6) is 11.5 Å². The number of benzene rings is 2. The monoisotopic (exact) mass is 260 g/mol. The summed E-state index contributed by atoms with van der Waals surface area (Å²) in [6, 6.07) is 7.36. The predicted octanol–water partition coefficient (Wildman–Crippen LogP) is 2.95. The van der Waals surface area contributed by atoms with Crippen molar-refractivity contribution in [2.45, 2.75) is 6.92 Å². The fraction of sp³-hybridized carbons (Fsp3) is 0.267. The number of rotatable bonds is 3. The maximum absolute atomic E-state index is 11.6. The molecule has 0 fully saturated rings. The molecule has 0 aliphatic carbocycles. The fourth-order valence-corrected chi connectivity index (χ4v) is 2.11. The molecule has 0 heterocycles. The standard InChI is InChI=1S/C15H16O4/c1-9-5-11(15(16)19-4)6-10-7-13(17-2)14(18-3)8-12(9)10/h5-8H,1-4H3. The summed E-state index contributed by atoms with van der Waals surface area (Å²) in [5, 5.41) is 1.93. The van der Waals surface area contributed by atoms with Crippen LogP contribution in [0.1, 0.15) is 15.9 Å². The molecule has 0 spiro atoms. The molecule has 4 heteroatoms. The number of methoxy groups -OCH3 is 3. The van der Waals surface area contributed by atoms with Gasteiger partial charge in [-0.25, -0.2) is 4.79 Å². The molecule has 19 heavy (non-hydrogen) atoms. The van der Waals surface area contributed by atoms with Crippen LogP contribution < -0.4 is 9.47 Å². The Labute approximate surface area is 111 Å². The van der Waals surface area contributed by atoms with Crippen molar-refractivity contribution in [3.05, 3.63) is 35.4 Å². The maximum atomic E-state index is 11.6. The van der Waals surface area contributed by atoms with Crippen molar-refractivity contribution in [1.82, 2.24) is 0 Å². The first-order valence-electron chi connectivity index (χ1n) is 5.85. The second kappa shape index (κ2) is 5.18. The van der Waals surface area contributed by atoms with Gasteiger partial charge in [0.15, 0.2) is 11.5 Å². The highest BCUT2D eigenvalue weighted by atomic mass is 16.5. The Morgan fingerprint density at radius 2 is 1.58 bits per heavy atom. The average Bonchev–Trinajstić information content (AvgIpc) is 2.44. The lowest BCUT2D eigenvalue weighted by Crippen LogP contribution is -2.02. The third-order valence-electron chi connectivity index (χ3n) is 3.08. The number of hydrogen-bond donors (Lipinski definition) is 0. The van der Waals surface area contributed by atoms with Crippen LogP contribution >= 0.6 is 0 Å². The molecule has 2 aromatic rings. The molecule has 0 aliphatic heterocycles. The lowest BCUT2D eigenvalue weighted by Gasteiger charge is -2.11. The molecule has 0 saturated heterocycles. The minimum absolute atomic E-state index is 0.347. The number of carbonyl (C=O) groups excluding carboxylic acids is 1. The molecule has 0 aliphatic rings. The summed E-state index contributed by atoms with van der Waals surface area (Å²) in [6.45, 7) is 1.95. The minimum Gasteiger partial charge on any atom is -0.493 e. The highest BCUT2D eigenvalue weighted by Crippen LogP contribution is 2.34. The van der Waals surface area contributed by atoms with Gasteiger partial charge in [-0.2, -0.15) is 0 Å². The van der Waals surface area contributed by atoms with Gasteiger partial charge in [-0.05, 0) is 47.5 Å². The molecule has 0 bridgehead atoms. The van der Waals surface area contributed by atoms with Crippen LogP contribution in [0.3, 0.4) is 0 Å². The van der Waals surface area contributed by atoms with Crippen molar-refractivity contribution in [3.63, 3.8) is 0 Å². The van der Waals surface area contributed by atoms with Gasteiger partial charge < -0.3 is 14.2 Å². The van der Waals surface area contributed by atoms with E-state index in [1.165, 1.54) is 7.11 Å². The van der Waals surface area contributed by atoms with Gasteiger partial charge in [-0.1, -0.05) is 0 Å². The van der Waals surface area contributed by atoms with Crippen LogP contribution in [0, 0.1) is 6.92 Å². The van der Waals surface area contributed by atoms with Gasteiger partial charge >= 0.3 is 5.97 Å². The molecule has 0 radical (unpaired) electrons. The van der Waals surface area contributed by atoms with Gasteiger partial charge in [-0.15, -0.1) is 0 Å². The van der Waals surface area contributed by atoms with E-state index in [1.807, 2.05) is 19.1 Å². The Hall–Kier alpha value is -2.23. The topological polar surface area (TPSA) is 44.8 Å². The van der Waals surface area contributed by atoms with Crippen LogP contribution in [0.2, 0.25) is 0 Å². The zero-order valence-corrected chi connectivity index (χ0v) is 11.4. The molecule has 0 atom stereocenters. The van der Waals surface area contributed by atoms with Crippen LogP contribution in [-0.2, 0) is 4.74 Å². The third kappa shape index (κ3) is 2.34. The summed E-state index contributed by atoms with van der Waals surface area (Å²) < 4.78 is 15.3. The minimum atomic E-state index is -0.347. The largest absolute Gasteiger partial charge is 0.493 e. The van der Waals surface area contributed by atoms with Crippen molar-refractivity contribution in [1.29, 1.82) is 0 Å². The van der Waals surface area contributed by atoms with E-state index >= 15 is 0 Å². The van der Waals surface area contributed by atoms with Crippen molar-refractivity contribution >= 4 is 16.7 Å². The van der Waals surface area contributed by atoms with Crippen LogP contribution in [0.15, 0.2) is 24.3 Å². The maximum Gasteiger partial charge on any atom is 0.337 e. The second-order valence-electron chi connectivity index (χ2n) is 4.21. The van der Waals surface area contributed by atoms with E-state index in [0.29, 0.717) is 17.1 Å². The van der Waals surface area contributed by atoms with Crippen LogP contribution in [0.4, 0.5) is 0 Å². The van der Waals surface area contributed by atoms with E-state index in [9.17, 15) is 4.79 Å². The number of ether oxygens (including phenoxy) is 3. The molecule has 100 valence electrons. The van der Waals surface area contributed by atoms with E-state index in [0.717, 1.165) is 16.3 Å². The average molecular weight is 260 g/mol.